The molecular weight excluding hydrogens is 350 g/mol. The highest BCUT2D eigenvalue weighted by molar-refractivity contribution is 8.00. The Morgan fingerprint density at radius 1 is 1.12 bits per heavy atom. The van der Waals surface area contributed by atoms with Gasteiger partial charge in [-0.3, -0.25) is 9.69 Å². The van der Waals surface area contributed by atoms with E-state index in [-0.39, 0.29) is 11.7 Å². The number of carbonyl (C=O) groups excluding carboxylic acids is 1. The molecule has 1 aliphatic rings. The molecule has 1 aliphatic heterocycles. The van der Waals surface area contributed by atoms with Crippen molar-refractivity contribution in [2.24, 2.45) is 0 Å². The molecule has 3 rings (SSSR count). The molecular formula is C17H18F2N2OS2. The van der Waals surface area contributed by atoms with E-state index in [4.69, 9.17) is 0 Å². The number of thiophene rings is 1. The van der Waals surface area contributed by atoms with E-state index in [1.54, 1.807) is 11.3 Å². The molecule has 1 fully saturated rings. The number of amides is 1. The highest BCUT2D eigenvalue weighted by Gasteiger charge is 2.21. The van der Waals surface area contributed by atoms with Crippen LogP contribution >= 0.6 is 23.1 Å². The monoisotopic (exact) mass is 368 g/mol. The maximum Gasteiger partial charge on any atom is 0.233 e. The zero-order chi connectivity index (χ0) is 16.9. The largest absolute Gasteiger partial charge is 0.339 e. The average molecular weight is 368 g/mol. The molecule has 1 aromatic carbocycles. The van der Waals surface area contributed by atoms with E-state index in [1.165, 1.54) is 22.7 Å². The van der Waals surface area contributed by atoms with Gasteiger partial charge >= 0.3 is 0 Å². The number of halogens is 2. The van der Waals surface area contributed by atoms with Gasteiger partial charge in [0.15, 0.2) is 11.6 Å². The fourth-order valence-corrected chi connectivity index (χ4v) is 4.15. The number of hydrogen-bond donors (Lipinski definition) is 0. The van der Waals surface area contributed by atoms with Gasteiger partial charge in [0.25, 0.3) is 0 Å². The molecule has 1 saturated heterocycles. The van der Waals surface area contributed by atoms with Crippen LogP contribution in [0.15, 0.2) is 40.6 Å². The summed E-state index contributed by atoms with van der Waals surface area (Å²) < 4.78 is 26.1. The maximum atomic E-state index is 13.2. The Morgan fingerprint density at radius 2 is 1.92 bits per heavy atom. The lowest BCUT2D eigenvalue weighted by Crippen LogP contribution is -2.48. The minimum Gasteiger partial charge on any atom is -0.339 e. The van der Waals surface area contributed by atoms with Gasteiger partial charge < -0.3 is 4.90 Å². The maximum absolute atomic E-state index is 13.2. The van der Waals surface area contributed by atoms with Gasteiger partial charge in [0.05, 0.1) is 5.75 Å². The van der Waals surface area contributed by atoms with E-state index < -0.39 is 11.6 Å². The smallest absolute Gasteiger partial charge is 0.233 e. The van der Waals surface area contributed by atoms with E-state index in [0.29, 0.717) is 18.0 Å². The summed E-state index contributed by atoms with van der Waals surface area (Å²) in [7, 11) is 0. The lowest BCUT2D eigenvalue weighted by atomic mass is 10.3. The van der Waals surface area contributed by atoms with Crippen molar-refractivity contribution in [3.63, 3.8) is 0 Å². The van der Waals surface area contributed by atoms with Gasteiger partial charge in [-0.05, 0) is 29.6 Å². The van der Waals surface area contributed by atoms with Crippen LogP contribution in [0.3, 0.4) is 0 Å². The highest BCUT2D eigenvalue weighted by atomic mass is 32.2. The van der Waals surface area contributed by atoms with Crippen molar-refractivity contribution in [2.45, 2.75) is 11.4 Å². The third-order valence-corrected chi connectivity index (χ3v) is 5.78. The molecule has 7 heteroatoms. The van der Waals surface area contributed by atoms with Crippen LogP contribution in [0.1, 0.15) is 4.88 Å². The van der Waals surface area contributed by atoms with Gasteiger partial charge in [-0.1, -0.05) is 6.07 Å². The predicted octanol–water partition coefficient (Wildman–Crippen LogP) is 3.46. The number of rotatable bonds is 5. The first-order valence-corrected chi connectivity index (χ1v) is 9.59. The van der Waals surface area contributed by atoms with E-state index in [2.05, 4.69) is 22.4 Å². The molecule has 0 saturated carbocycles. The second kappa shape index (κ2) is 8.09. The van der Waals surface area contributed by atoms with Crippen LogP contribution in [0.2, 0.25) is 0 Å². The van der Waals surface area contributed by atoms with Crippen molar-refractivity contribution in [2.75, 3.05) is 31.9 Å². The van der Waals surface area contributed by atoms with Crippen LogP contribution in [0, 0.1) is 11.6 Å². The standard InChI is InChI=1S/C17H18F2N2OS2/c18-15-4-3-13(10-16(15)19)24-12-17(22)21-7-5-20(6-8-21)11-14-2-1-9-23-14/h1-4,9-10H,5-8,11-12H2. The Hall–Kier alpha value is -1.44. The van der Waals surface area contributed by atoms with Gasteiger partial charge in [0.1, 0.15) is 0 Å². The Bertz CT molecular complexity index is 686. The lowest BCUT2D eigenvalue weighted by molar-refractivity contribution is -0.130. The molecule has 0 atom stereocenters. The van der Waals surface area contributed by atoms with E-state index in [9.17, 15) is 13.6 Å². The Morgan fingerprint density at radius 3 is 2.58 bits per heavy atom. The van der Waals surface area contributed by atoms with Crippen molar-refractivity contribution in [3.8, 4) is 0 Å². The third-order valence-electron chi connectivity index (χ3n) is 3.94. The Kier molecular flexibility index (Phi) is 5.86. The van der Waals surface area contributed by atoms with Gasteiger partial charge in [-0.25, -0.2) is 8.78 Å². The number of thioether (sulfide) groups is 1. The molecule has 0 unspecified atom stereocenters. The van der Waals surface area contributed by atoms with Gasteiger partial charge in [-0.2, -0.15) is 0 Å². The second-order valence-electron chi connectivity index (χ2n) is 5.60. The summed E-state index contributed by atoms with van der Waals surface area (Å²) in [5, 5.41) is 2.07. The SMILES string of the molecule is O=C(CSc1ccc(F)c(F)c1)N1CCN(Cc2cccs2)CC1. The van der Waals surface area contributed by atoms with Gasteiger partial charge in [0, 0.05) is 42.5 Å². The Balaban J connectivity index is 1.44. The fraction of sp³-hybridized carbons (Fsp3) is 0.353. The molecule has 2 aromatic rings. The first-order valence-electron chi connectivity index (χ1n) is 7.72. The summed E-state index contributed by atoms with van der Waals surface area (Å²) in [6, 6.07) is 7.89. The van der Waals surface area contributed by atoms with Crippen molar-refractivity contribution < 1.29 is 13.6 Å². The summed E-state index contributed by atoms with van der Waals surface area (Å²) in [5.74, 6) is -1.46. The van der Waals surface area contributed by atoms with Gasteiger partial charge in [-0.15, -0.1) is 23.1 Å². The third kappa shape index (κ3) is 4.55. The summed E-state index contributed by atoms with van der Waals surface area (Å²) in [5.41, 5.74) is 0. The van der Waals surface area contributed by atoms with Gasteiger partial charge in [0.2, 0.25) is 5.91 Å². The lowest BCUT2D eigenvalue weighted by Gasteiger charge is -2.34. The minimum absolute atomic E-state index is 0.0421. The molecule has 0 spiro atoms. The van der Waals surface area contributed by atoms with Crippen molar-refractivity contribution in [3.05, 3.63) is 52.2 Å². The van der Waals surface area contributed by atoms with Crippen molar-refractivity contribution in [1.29, 1.82) is 0 Å². The number of carbonyl (C=O) groups is 1. The van der Waals surface area contributed by atoms with Crippen molar-refractivity contribution in [1.82, 2.24) is 9.80 Å². The number of benzene rings is 1. The zero-order valence-corrected chi connectivity index (χ0v) is 14.7. The van der Waals surface area contributed by atoms with Crippen LogP contribution in [-0.2, 0) is 11.3 Å². The van der Waals surface area contributed by atoms with Crippen LogP contribution < -0.4 is 0 Å². The molecule has 0 bridgehead atoms. The summed E-state index contributed by atoms with van der Waals surface area (Å²) in [6.45, 7) is 4.08. The topological polar surface area (TPSA) is 23.6 Å². The summed E-state index contributed by atoms with van der Waals surface area (Å²) >= 11 is 2.99. The molecule has 2 heterocycles. The molecule has 24 heavy (non-hydrogen) atoms. The average Bonchev–Trinajstić information content (AvgIpc) is 3.09. The van der Waals surface area contributed by atoms with E-state index in [1.807, 2.05) is 4.90 Å². The first kappa shape index (κ1) is 17.4. The molecule has 0 radical (unpaired) electrons. The molecule has 1 aromatic heterocycles. The summed E-state index contributed by atoms with van der Waals surface area (Å²) in [4.78, 5) is 18.4. The zero-order valence-electron chi connectivity index (χ0n) is 13.1. The van der Waals surface area contributed by atoms with Crippen molar-refractivity contribution >= 4 is 29.0 Å². The molecule has 0 aliphatic carbocycles. The molecule has 0 N–H and O–H groups in total. The number of nitrogens with zero attached hydrogens (tertiary/aromatic N) is 2. The first-order chi connectivity index (χ1) is 11.6. The van der Waals surface area contributed by atoms with Crippen LogP contribution in [-0.4, -0.2) is 47.6 Å². The quantitative estimate of drug-likeness (QED) is 0.755. The predicted molar refractivity (Wildman–Crippen MR) is 93.3 cm³/mol. The Labute approximate surface area is 148 Å². The van der Waals surface area contributed by atoms with Crippen LogP contribution in [0.4, 0.5) is 8.78 Å². The fourth-order valence-electron chi connectivity index (χ4n) is 2.58. The van der Waals surface area contributed by atoms with Crippen LogP contribution in [0.5, 0.6) is 0 Å². The van der Waals surface area contributed by atoms with Crippen LogP contribution in [0.25, 0.3) is 0 Å². The minimum atomic E-state index is -0.880. The normalized spacial score (nSPS) is 15.7. The van der Waals surface area contributed by atoms with E-state index >= 15 is 0 Å². The highest BCUT2D eigenvalue weighted by Crippen LogP contribution is 2.21. The number of hydrogen-bond acceptors (Lipinski definition) is 4. The molecule has 1 amide bonds. The molecule has 3 nitrogen and oxygen atoms in total. The molecule has 128 valence electrons. The summed E-state index contributed by atoms with van der Waals surface area (Å²) in [6.07, 6.45) is 0. The second-order valence-corrected chi connectivity index (χ2v) is 7.68. The van der Waals surface area contributed by atoms with E-state index in [0.717, 1.165) is 31.8 Å². The number of piperazine rings is 1.